The number of imidazole rings is 2. The molecule has 19 nitrogen and oxygen atoms in total. The van der Waals surface area contributed by atoms with E-state index in [1.807, 2.05) is 63.0 Å². The molecule has 3 atom stereocenters. The van der Waals surface area contributed by atoms with Gasteiger partial charge in [0.25, 0.3) is 11.8 Å². The van der Waals surface area contributed by atoms with Gasteiger partial charge in [0.15, 0.2) is 11.6 Å². The molecule has 0 bridgehead atoms. The van der Waals surface area contributed by atoms with E-state index in [1.165, 1.54) is 17.3 Å². The van der Waals surface area contributed by atoms with Crippen LogP contribution in [0.1, 0.15) is 169 Å². The van der Waals surface area contributed by atoms with E-state index in [9.17, 15) is 19.6 Å². The highest BCUT2D eigenvalue weighted by molar-refractivity contribution is 5.99. The Morgan fingerprint density at radius 2 is 1.26 bits per heavy atom. The molecule has 6 aromatic rings. The summed E-state index contributed by atoms with van der Waals surface area (Å²) in [7, 11) is 1.87. The fourth-order valence-electron chi connectivity index (χ4n) is 14.5. The molecule has 3 N–H and O–H groups in total. The van der Waals surface area contributed by atoms with E-state index in [-0.39, 0.29) is 46.6 Å². The number of β-amino-alcohol motifs (C(OH)–C–C–N with tert-alkyl or cyclic N) is 1. The highest BCUT2D eigenvalue weighted by Gasteiger charge is 2.51. The van der Waals surface area contributed by atoms with Crippen molar-refractivity contribution in [2.24, 2.45) is 0 Å². The molecule has 448 valence electrons. The van der Waals surface area contributed by atoms with Crippen LogP contribution in [0.3, 0.4) is 0 Å². The van der Waals surface area contributed by atoms with Crippen molar-refractivity contribution in [1.82, 2.24) is 48.7 Å². The molecular formula is C65H80FN13O6. The summed E-state index contributed by atoms with van der Waals surface area (Å²) in [6.45, 7) is 16.2. The highest BCUT2D eigenvalue weighted by Crippen LogP contribution is 2.53. The monoisotopic (exact) mass is 1160 g/mol. The Kier molecular flexibility index (Phi) is 16.7. The lowest BCUT2D eigenvalue weighted by Gasteiger charge is -2.52. The van der Waals surface area contributed by atoms with Crippen molar-refractivity contribution >= 4 is 23.7 Å². The number of likely N-dealkylation sites (tertiary alicyclic amines) is 2. The van der Waals surface area contributed by atoms with Crippen molar-refractivity contribution in [3.05, 3.63) is 141 Å². The van der Waals surface area contributed by atoms with Gasteiger partial charge in [0.1, 0.15) is 17.4 Å². The van der Waals surface area contributed by atoms with Gasteiger partial charge in [0, 0.05) is 131 Å². The molecule has 2 amide bonds. The molecule has 0 unspecified atom stereocenters. The molecule has 4 aliphatic heterocycles. The average Bonchev–Trinajstić information content (AvgIpc) is 1.39. The second-order valence-electron chi connectivity index (χ2n) is 24.4. The predicted molar refractivity (Wildman–Crippen MR) is 319 cm³/mol. The number of aliphatic hydroxyl groups excluding tert-OH is 1. The molecule has 2 aromatic carbocycles. The molecular weight excluding hydrogens is 1080 g/mol. The zero-order chi connectivity index (χ0) is 59.0. The Bertz CT molecular complexity index is 3470. The maximum Gasteiger partial charge on any atom is 0.254 e. The second kappa shape index (κ2) is 24.5. The van der Waals surface area contributed by atoms with Crippen molar-refractivity contribution < 1.29 is 33.3 Å². The average molecular weight is 1160 g/mol. The van der Waals surface area contributed by atoms with Crippen molar-refractivity contribution in [3.63, 3.8) is 0 Å². The minimum absolute atomic E-state index is 0.00595. The number of hydrogen-bond acceptors (Lipinski definition) is 15. The van der Waals surface area contributed by atoms with Crippen LogP contribution in [0.25, 0.3) is 0 Å². The lowest BCUT2D eigenvalue weighted by Crippen LogP contribution is -2.54. The van der Waals surface area contributed by atoms with Crippen molar-refractivity contribution in [2.75, 3.05) is 83.3 Å². The molecule has 8 heterocycles. The zero-order valence-electron chi connectivity index (χ0n) is 49.8. The third-order valence-electron chi connectivity index (χ3n) is 19.1. The normalized spacial score (nSPS) is 20.0. The molecule has 2 spiro atoms. The first-order chi connectivity index (χ1) is 41.3. The number of nitrogens with one attached hydrogen (secondary N) is 2. The van der Waals surface area contributed by atoms with E-state index in [1.54, 1.807) is 24.7 Å². The number of benzene rings is 2. The van der Waals surface area contributed by atoms with Crippen LogP contribution in [0, 0.1) is 17.1 Å². The molecule has 4 aromatic heterocycles. The van der Waals surface area contributed by atoms with E-state index >= 15 is 4.79 Å². The van der Waals surface area contributed by atoms with Crippen LogP contribution in [0.15, 0.2) is 73.6 Å². The number of fused-ring (bicyclic) bond motifs is 4. The number of aromatic nitrogens is 6. The highest BCUT2D eigenvalue weighted by atomic mass is 19.1. The van der Waals surface area contributed by atoms with Gasteiger partial charge in [-0.3, -0.25) is 29.4 Å². The van der Waals surface area contributed by atoms with E-state index in [2.05, 4.69) is 74.9 Å². The summed E-state index contributed by atoms with van der Waals surface area (Å²) >= 11 is 0. The quantitative estimate of drug-likeness (QED) is 0.0544. The van der Waals surface area contributed by atoms with Crippen LogP contribution in [0.4, 0.5) is 16.3 Å². The van der Waals surface area contributed by atoms with Gasteiger partial charge in [-0.25, -0.2) is 14.4 Å². The van der Waals surface area contributed by atoms with Crippen LogP contribution in [-0.4, -0.2) is 150 Å². The summed E-state index contributed by atoms with van der Waals surface area (Å²) in [5.41, 5.74) is 9.47. The van der Waals surface area contributed by atoms with Crippen LogP contribution in [0.2, 0.25) is 0 Å². The number of hydrogen-bond donors (Lipinski definition) is 3. The second-order valence-corrected chi connectivity index (χ2v) is 24.4. The minimum Gasteiger partial charge on any atom is -0.492 e. The Labute approximate surface area is 497 Å². The summed E-state index contributed by atoms with van der Waals surface area (Å²) in [5.74, 6) is 1.50. The first-order valence-electron chi connectivity index (χ1n) is 30.7. The van der Waals surface area contributed by atoms with Crippen LogP contribution in [-0.2, 0) is 41.7 Å². The summed E-state index contributed by atoms with van der Waals surface area (Å²) in [4.78, 5) is 57.1. The van der Waals surface area contributed by atoms with E-state index in [0.717, 1.165) is 118 Å². The number of amides is 2. The van der Waals surface area contributed by atoms with Gasteiger partial charge in [-0.1, -0.05) is 25.0 Å². The first kappa shape index (κ1) is 58.0. The number of nitrogens with zero attached hydrogens (tertiary/aromatic N) is 11. The van der Waals surface area contributed by atoms with Crippen LogP contribution >= 0.6 is 0 Å². The fraction of sp³-hybridized carbons (Fsp3) is 0.523. The van der Waals surface area contributed by atoms with Crippen LogP contribution < -0.4 is 20.1 Å². The lowest BCUT2D eigenvalue weighted by atomic mass is 9.60. The molecule has 85 heavy (non-hydrogen) atoms. The molecule has 20 heteroatoms. The van der Waals surface area contributed by atoms with E-state index in [4.69, 9.17) is 19.2 Å². The Balaban J connectivity index is 0.716. The van der Waals surface area contributed by atoms with Crippen molar-refractivity contribution in [1.29, 1.82) is 5.26 Å². The van der Waals surface area contributed by atoms with Gasteiger partial charge in [0.05, 0.1) is 74.8 Å². The number of rotatable bonds is 22. The molecule has 4 fully saturated rings. The van der Waals surface area contributed by atoms with Gasteiger partial charge in [-0.2, -0.15) is 5.26 Å². The third-order valence-corrected chi connectivity index (χ3v) is 19.1. The van der Waals surface area contributed by atoms with Gasteiger partial charge >= 0.3 is 0 Å². The maximum atomic E-state index is 15.0. The van der Waals surface area contributed by atoms with Crippen molar-refractivity contribution in [2.45, 2.75) is 147 Å². The number of anilines is 2. The molecule has 2 aliphatic carbocycles. The third kappa shape index (κ3) is 11.5. The summed E-state index contributed by atoms with van der Waals surface area (Å²) in [6.07, 6.45) is 18.6. The van der Waals surface area contributed by atoms with E-state index in [0.29, 0.717) is 99.8 Å². The number of nitriles is 1. The Morgan fingerprint density at radius 1 is 0.718 bits per heavy atom. The smallest absolute Gasteiger partial charge is 0.254 e. The number of aliphatic hydroxyl groups is 1. The number of halogens is 1. The minimum atomic E-state index is -0.525. The summed E-state index contributed by atoms with van der Waals surface area (Å²) < 4.78 is 36.9. The fourth-order valence-corrected chi connectivity index (χ4v) is 14.5. The number of carbonyl (C=O) groups excluding carboxylic acids is 2. The predicted octanol–water partition coefficient (Wildman–Crippen LogP) is 8.75. The lowest BCUT2D eigenvalue weighted by molar-refractivity contribution is 0.0105. The number of pyridine rings is 2. The van der Waals surface area contributed by atoms with Gasteiger partial charge < -0.3 is 48.9 Å². The Hall–Kier alpha value is -7.44. The molecule has 0 radical (unpaired) electrons. The molecule has 2 saturated heterocycles. The van der Waals surface area contributed by atoms with Crippen molar-refractivity contribution in [3.8, 4) is 17.6 Å². The standard InChI is InChI=1S/C65H80FN13O6/c1-6-83-56-30-54(72-33-48(56)32-67)42(3)78-40-64(13-8-14-64)58-46(26-44(28-51(58)60(78)81)35-76-23-17-69-62(76)68-5)37-74-21-11-50(12-22-74)85-25-19-71-63-70-18-24-77(63)36-45-27-47(38-75-20-10-49(80)39-75)59-52(29-45)61(82)79(41-65(59)15-9-16-65)43(4)55-31-57(84-7-2)53(66)34-73-55/h17-18,23-24,26-31,33-34,42-43,49-50,80H,6-16,19-22,25,35-41H2,1-5H3,(H,68,69)(H,70,71)/t42-,43-,49+/m0/s1. The number of piperidine rings is 1. The largest absolute Gasteiger partial charge is 0.492 e. The number of carbonyl (C=O) groups is 2. The topological polar surface area (TPSA) is 204 Å². The Morgan fingerprint density at radius 3 is 1.80 bits per heavy atom. The maximum absolute atomic E-state index is 15.0. The van der Waals surface area contributed by atoms with Gasteiger partial charge in [0.2, 0.25) is 11.9 Å². The van der Waals surface area contributed by atoms with Gasteiger partial charge in [-0.05, 0) is 118 Å². The molecule has 6 aliphatic rings. The van der Waals surface area contributed by atoms with Crippen LogP contribution in [0.5, 0.6) is 11.5 Å². The number of ether oxygens (including phenoxy) is 3. The van der Waals surface area contributed by atoms with E-state index < -0.39 is 11.9 Å². The SMILES string of the molecule is CCOc1cc([C@H](C)N2CC3(CCC3)c3c(CN4CC[C@@H](O)C4)cc(Cn4ccnc4NCCOC4CCN(Cc5cc(Cn6ccnc6NC)cc6c5C5(CCC5)CN([C@@H](C)c5cc(OCC)c(C#N)cn5)C6=O)CC4)cc3C2=O)ncc1F. The first-order valence-corrected chi connectivity index (χ1v) is 30.7. The molecule has 12 rings (SSSR count). The van der Waals surface area contributed by atoms with Gasteiger partial charge in [-0.15, -0.1) is 0 Å². The summed E-state index contributed by atoms with van der Waals surface area (Å²) in [5, 5.41) is 27.1. The summed E-state index contributed by atoms with van der Waals surface area (Å²) in [6, 6.07) is 13.7. The molecule has 2 saturated carbocycles. The zero-order valence-corrected chi connectivity index (χ0v) is 49.8.